The average Bonchev–Trinajstić information content (AvgIpc) is 2.56. The number of nitrogens with zero attached hydrogens (tertiary/aromatic N) is 2. The minimum atomic E-state index is 0.179. The third-order valence-corrected chi connectivity index (χ3v) is 3.75. The molecule has 2 aromatic carbocycles. The number of aliphatic hydroxyl groups excluding tert-OH is 1. The molecule has 0 aliphatic heterocycles. The summed E-state index contributed by atoms with van der Waals surface area (Å²) in [6.45, 7) is 2.53. The largest absolute Gasteiger partial charge is 0.395 e. The van der Waals surface area contributed by atoms with Gasteiger partial charge in [-0.3, -0.25) is 4.90 Å². The molecule has 0 atom stereocenters. The van der Waals surface area contributed by atoms with Crippen LogP contribution in [-0.4, -0.2) is 43.8 Å². The van der Waals surface area contributed by atoms with E-state index in [0.717, 1.165) is 13.1 Å². The fourth-order valence-electron chi connectivity index (χ4n) is 2.44. The van der Waals surface area contributed by atoms with Gasteiger partial charge >= 0.3 is 0 Å². The summed E-state index contributed by atoms with van der Waals surface area (Å²) in [5.41, 5.74) is 3.66. The van der Waals surface area contributed by atoms with Crippen LogP contribution >= 0.6 is 0 Å². The lowest BCUT2D eigenvalue weighted by molar-refractivity contribution is 0.203. The van der Waals surface area contributed by atoms with Crippen molar-refractivity contribution in [1.82, 2.24) is 4.90 Å². The van der Waals surface area contributed by atoms with Gasteiger partial charge < -0.3 is 10.0 Å². The van der Waals surface area contributed by atoms with Crippen molar-refractivity contribution in [2.24, 2.45) is 0 Å². The molecule has 0 amide bonds. The minimum absolute atomic E-state index is 0.179. The normalized spacial score (nSPS) is 11.3. The van der Waals surface area contributed by atoms with Gasteiger partial charge in [0, 0.05) is 39.4 Å². The number of aliphatic hydroxyl groups is 1. The van der Waals surface area contributed by atoms with Gasteiger partial charge in [0.2, 0.25) is 0 Å². The van der Waals surface area contributed by atoms with Gasteiger partial charge in [0.25, 0.3) is 0 Å². The second-order valence-electron chi connectivity index (χ2n) is 5.83. The molecule has 3 nitrogen and oxygen atoms in total. The molecule has 0 heterocycles. The molecule has 0 unspecified atom stereocenters. The van der Waals surface area contributed by atoms with E-state index < -0.39 is 0 Å². The van der Waals surface area contributed by atoms with Gasteiger partial charge in [0.1, 0.15) is 0 Å². The van der Waals surface area contributed by atoms with Crippen molar-refractivity contribution >= 4 is 11.8 Å². The molecule has 122 valence electrons. The van der Waals surface area contributed by atoms with Crippen LogP contribution < -0.4 is 4.90 Å². The van der Waals surface area contributed by atoms with Crippen molar-refractivity contribution in [3.05, 3.63) is 71.8 Å². The summed E-state index contributed by atoms with van der Waals surface area (Å²) in [6.07, 6.45) is 4.29. The maximum atomic E-state index is 9.24. The van der Waals surface area contributed by atoms with Crippen LogP contribution in [0.1, 0.15) is 11.1 Å². The summed E-state index contributed by atoms with van der Waals surface area (Å²) in [6, 6.07) is 18.9. The lowest BCUT2D eigenvalue weighted by Gasteiger charge is -2.19. The molecule has 0 aliphatic rings. The van der Waals surface area contributed by atoms with Crippen LogP contribution in [0.5, 0.6) is 0 Å². The molecule has 0 aromatic heterocycles. The summed E-state index contributed by atoms with van der Waals surface area (Å²) in [5.74, 6) is 0. The number of benzene rings is 2. The Morgan fingerprint density at radius 2 is 1.65 bits per heavy atom. The minimum Gasteiger partial charge on any atom is -0.395 e. The summed E-state index contributed by atoms with van der Waals surface area (Å²) in [7, 11) is 4.09. The summed E-state index contributed by atoms with van der Waals surface area (Å²) in [5, 5.41) is 9.24. The number of hydrogen-bond donors (Lipinski definition) is 1. The first-order valence-electron chi connectivity index (χ1n) is 8.00. The molecule has 0 bridgehead atoms. The fraction of sp³-hybridized carbons (Fsp3) is 0.300. The van der Waals surface area contributed by atoms with Gasteiger partial charge in [0.05, 0.1) is 6.61 Å². The maximum absolute atomic E-state index is 9.24. The van der Waals surface area contributed by atoms with E-state index in [-0.39, 0.29) is 6.61 Å². The summed E-state index contributed by atoms with van der Waals surface area (Å²) < 4.78 is 0. The van der Waals surface area contributed by atoms with Crippen molar-refractivity contribution in [3.8, 4) is 0 Å². The highest BCUT2D eigenvalue weighted by Crippen LogP contribution is 2.13. The van der Waals surface area contributed by atoms with Crippen molar-refractivity contribution in [1.29, 1.82) is 0 Å². The first kappa shape index (κ1) is 17.3. The van der Waals surface area contributed by atoms with Crippen LogP contribution in [0.25, 0.3) is 6.08 Å². The SMILES string of the molecule is CN(C)c1ccc(C=CCN(CCO)Cc2ccccc2)cc1. The van der Waals surface area contributed by atoms with Crippen molar-refractivity contribution < 1.29 is 5.11 Å². The molecular formula is C20H26N2O. The molecule has 0 saturated carbocycles. The van der Waals surface area contributed by atoms with Gasteiger partial charge in [-0.1, -0.05) is 54.6 Å². The molecule has 23 heavy (non-hydrogen) atoms. The van der Waals surface area contributed by atoms with Crippen LogP contribution in [0.2, 0.25) is 0 Å². The second-order valence-corrected chi connectivity index (χ2v) is 5.83. The van der Waals surface area contributed by atoms with Crippen molar-refractivity contribution in [3.63, 3.8) is 0 Å². The number of hydrogen-bond acceptors (Lipinski definition) is 3. The molecular weight excluding hydrogens is 284 g/mol. The Balaban J connectivity index is 1.92. The Morgan fingerprint density at radius 1 is 0.957 bits per heavy atom. The zero-order valence-corrected chi connectivity index (χ0v) is 14.0. The number of rotatable bonds is 8. The Labute approximate surface area is 139 Å². The first-order valence-corrected chi connectivity index (χ1v) is 8.00. The molecule has 0 fully saturated rings. The predicted molar refractivity (Wildman–Crippen MR) is 98.6 cm³/mol. The van der Waals surface area contributed by atoms with E-state index in [0.29, 0.717) is 6.54 Å². The highest BCUT2D eigenvalue weighted by Gasteiger charge is 2.03. The van der Waals surface area contributed by atoms with E-state index in [1.807, 2.05) is 20.2 Å². The molecule has 0 aliphatic carbocycles. The van der Waals surface area contributed by atoms with Gasteiger partial charge in [0.15, 0.2) is 0 Å². The van der Waals surface area contributed by atoms with Crippen LogP contribution in [0.4, 0.5) is 5.69 Å². The third kappa shape index (κ3) is 5.89. The van der Waals surface area contributed by atoms with Crippen LogP contribution in [0.3, 0.4) is 0 Å². The second kappa shape index (κ2) is 9.13. The third-order valence-electron chi connectivity index (χ3n) is 3.75. The predicted octanol–water partition coefficient (Wildman–Crippen LogP) is 3.26. The first-order chi connectivity index (χ1) is 11.2. The molecule has 0 spiro atoms. The Morgan fingerprint density at radius 3 is 2.26 bits per heavy atom. The Hall–Kier alpha value is -2.10. The van der Waals surface area contributed by atoms with E-state index in [9.17, 15) is 5.11 Å². The Kier molecular flexibility index (Phi) is 6.85. The van der Waals surface area contributed by atoms with Crippen molar-refractivity contribution in [2.45, 2.75) is 6.54 Å². The standard InChI is InChI=1S/C20H26N2O/c1-21(2)20-12-10-18(11-13-20)9-6-14-22(15-16-23)17-19-7-4-3-5-8-19/h3-13,23H,14-17H2,1-2H3. The van der Waals surface area contributed by atoms with Gasteiger partial charge in [-0.25, -0.2) is 0 Å². The lowest BCUT2D eigenvalue weighted by Crippen LogP contribution is -2.26. The van der Waals surface area contributed by atoms with Gasteiger partial charge in [-0.05, 0) is 23.3 Å². The highest BCUT2D eigenvalue weighted by atomic mass is 16.3. The van der Waals surface area contributed by atoms with E-state index in [1.165, 1.54) is 16.8 Å². The zero-order chi connectivity index (χ0) is 16.5. The fourth-order valence-corrected chi connectivity index (χ4v) is 2.44. The molecule has 0 saturated heterocycles. The van der Waals surface area contributed by atoms with E-state index in [2.05, 4.69) is 70.5 Å². The smallest absolute Gasteiger partial charge is 0.0558 e. The summed E-state index contributed by atoms with van der Waals surface area (Å²) >= 11 is 0. The highest BCUT2D eigenvalue weighted by molar-refractivity contribution is 5.55. The van der Waals surface area contributed by atoms with Crippen LogP contribution in [0.15, 0.2) is 60.7 Å². The maximum Gasteiger partial charge on any atom is 0.0558 e. The average molecular weight is 310 g/mol. The quantitative estimate of drug-likeness (QED) is 0.811. The van der Waals surface area contributed by atoms with E-state index >= 15 is 0 Å². The molecule has 1 N–H and O–H groups in total. The van der Waals surface area contributed by atoms with E-state index in [1.54, 1.807) is 0 Å². The molecule has 2 rings (SSSR count). The van der Waals surface area contributed by atoms with Crippen molar-refractivity contribution in [2.75, 3.05) is 38.7 Å². The topological polar surface area (TPSA) is 26.7 Å². The van der Waals surface area contributed by atoms with Crippen LogP contribution in [-0.2, 0) is 6.54 Å². The lowest BCUT2D eigenvalue weighted by atomic mass is 10.2. The number of anilines is 1. The molecule has 0 radical (unpaired) electrons. The monoisotopic (exact) mass is 310 g/mol. The zero-order valence-electron chi connectivity index (χ0n) is 14.0. The molecule has 3 heteroatoms. The van der Waals surface area contributed by atoms with Crippen LogP contribution in [0, 0.1) is 0 Å². The van der Waals surface area contributed by atoms with Gasteiger partial charge in [-0.15, -0.1) is 0 Å². The molecule has 2 aromatic rings. The summed E-state index contributed by atoms with van der Waals surface area (Å²) in [4.78, 5) is 4.33. The van der Waals surface area contributed by atoms with Gasteiger partial charge in [-0.2, -0.15) is 0 Å². The Bertz CT molecular complexity index is 591. The van der Waals surface area contributed by atoms with E-state index in [4.69, 9.17) is 0 Å².